The first-order valence-corrected chi connectivity index (χ1v) is 9.96. The standard InChI is InChI=1S/C23H16N4OS/c28-22(27-23-26-20-11-5-6-12-21(20)29-23)17-8-2-4-10-19(17)25-14-15-13-24-18-9-3-1-7-16(15)18/h1-14,24H,(H,26,27,28). The minimum absolute atomic E-state index is 0.226. The van der Waals surface area contributed by atoms with Crippen LogP contribution < -0.4 is 5.32 Å². The number of para-hydroxylation sites is 3. The molecule has 5 rings (SSSR count). The second-order valence-electron chi connectivity index (χ2n) is 6.51. The van der Waals surface area contributed by atoms with Crippen molar-refractivity contribution in [2.75, 3.05) is 5.32 Å². The number of anilines is 1. The number of fused-ring (bicyclic) bond motifs is 2. The summed E-state index contributed by atoms with van der Waals surface area (Å²) in [6, 6.07) is 23.2. The third-order valence-corrected chi connectivity index (χ3v) is 5.58. The molecule has 0 atom stereocenters. The maximum atomic E-state index is 12.9. The lowest BCUT2D eigenvalue weighted by atomic mass is 10.1. The van der Waals surface area contributed by atoms with Crippen LogP contribution in [0, 0.1) is 0 Å². The normalized spacial score (nSPS) is 11.4. The number of aliphatic imine (C=N–C) groups is 1. The highest BCUT2D eigenvalue weighted by Gasteiger charge is 2.13. The molecule has 0 aliphatic carbocycles. The lowest BCUT2D eigenvalue weighted by Gasteiger charge is -2.05. The van der Waals surface area contributed by atoms with Gasteiger partial charge >= 0.3 is 0 Å². The zero-order valence-electron chi connectivity index (χ0n) is 15.3. The first kappa shape index (κ1) is 17.3. The second kappa shape index (κ2) is 7.33. The Kier molecular flexibility index (Phi) is 4.38. The molecule has 0 aliphatic heterocycles. The number of thiazole rings is 1. The summed E-state index contributed by atoms with van der Waals surface area (Å²) in [5.74, 6) is -0.226. The Balaban J connectivity index is 1.43. The molecule has 3 aromatic carbocycles. The number of H-pyrrole nitrogens is 1. The number of aromatic nitrogens is 2. The monoisotopic (exact) mass is 396 g/mol. The molecule has 2 N–H and O–H groups in total. The lowest BCUT2D eigenvalue weighted by Crippen LogP contribution is -2.11. The minimum Gasteiger partial charge on any atom is -0.361 e. The maximum absolute atomic E-state index is 12.9. The van der Waals surface area contributed by atoms with E-state index in [0.29, 0.717) is 16.4 Å². The Morgan fingerprint density at radius 1 is 1.00 bits per heavy atom. The maximum Gasteiger partial charge on any atom is 0.259 e. The molecule has 5 aromatic rings. The van der Waals surface area contributed by atoms with Crippen LogP contribution in [0.2, 0.25) is 0 Å². The predicted molar refractivity (Wildman–Crippen MR) is 120 cm³/mol. The number of nitrogens with one attached hydrogen (secondary N) is 2. The van der Waals surface area contributed by atoms with E-state index in [-0.39, 0.29) is 5.91 Å². The molecule has 5 nitrogen and oxygen atoms in total. The first-order valence-electron chi connectivity index (χ1n) is 9.14. The summed E-state index contributed by atoms with van der Waals surface area (Å²) in [4.78, 5) is 25.1. The molecule has 0 aliphatic rings. The van der Waals surface area contributed by atoms with Crippen LogP contribution in [0.15, 0.2) is 84.0 Å². The molecular weight excluding hydrogens is 380 g/mol. The topological polar surface area (TPSA) is 70.1 Å². The number of nitrogens with zero attached hydrogens (tertiary/aromatic N) is 2. The highest BCUT2D eigenvalue weighted by Crippen LogP contribution is 2.27. The van der Waals surface area contributed by atoms with Crippen molar-refractivity contribution in [1.29, 1.82) is 0 Å². The molecule has 2 heterocycles. The Labute approximate surface area is 170 Å². The number of benzene rings is 3. The predicted octanol–water partition coefficient (Wildman–Crippen LogP) is 5.78. The SMILES string of the molecule is O=C(Nc1nc2ccccc2s1)c1ccccc1N=Cc1c[nH]c2ccccc12. The first-order chi connectivity index (χ1) is 14.3. The molecule has 2 aromatic heterocycles. The quantitative estimate of drug-likeness (QED) is 0.378. The molecule has 1 amide bonds. The molecule has 0 fully saturated rings. The van der Waals surface area contributed by atoms with Crippen molar-refractivity contribution in [2.24, 2.45) is 4.99 Å². The Morgan fingerprint density at radius 2 is 1.79 bits per heavy atom. The van der Waals surface area contributed by atoms with Crippen molar-refractivity contribution in [2.45, 2.75) is 0 Å². The molecule has 0 bridgehead atoms. The van der Waals surface area contributed by atoms with Crippen molar-refractivity contribution in [3.05, 3.63) is 90.1 Å². The van der Waals surface area contributed by atoms with Crippen molar-refractivity contribution in [3.8, 4) is 0 Å². The second-order valence-corrected chi connectivity index (χ2v) is 7.54. The molecule has 0 saturated carbocycles. The van der Waals surface area contributed by atoms with Gasteiger partial charge < -0.3 is 4.98 Å². The van der Waals surface area contributed by atoms with E-state index in [1.165, 1.54) is 11.3 Å². The van der Waals surface area contributed by atoms with Gasteiger partial charge in [0, 0.05) is 28.9 Å². The van der Waals surface area contributed by atoms with Gasteiger partial charge in [0.1, 0.15) is 0 Å². The Bertz CT molecular complexity index is 1330. The average molecular weight is 396 g/mol. The van der Waals surface area contributed by atoms with Gasteiger partial charge in [0.25, 0.3) is 5.91 Å². The van der Waals surface area contributed by atoms with Crippen LogP contribution in [-0.2, 0) is 0 Å². The number of carbonyl (C=O) groups excluding carboxylic acids is 1. The zero-order chi connectivity index (χ0) is 19.6. The van der Waals surface area contributed by atoms with E-state index in [2.05, 4.69) is 20.3 Å². The summed E-state index contributed by atoms with van der Waals surface area (Å²) < 4.78 is 1.04. The lowest BCUT2D eigenvalue weighted by molar-refractivity contribution is 0.102. The number of hydrogen-bond donors (Lipinski definition) is 2. The molecule has 0 spiro atoms. The van der Waals surface area contributed by atoms with E-state index in [1.54, 1.807) is 12.3 Å². The van der Waals surface area contributed by atoms with E-state index < -0.39 is 0 Å². The number of amides is 1. The van der Waals surface area contributed by atoms with Gasteiger partial charge in [0.05, 0.1) is 21.5 Å². The fourth-order valence-corrected chi connectivity index (χ4v) is 4.07. The third-order valence-electron chi connectivity index (χ3n) is 4.63. The molecule has 29 heavy (non-hydrogen) atoms. The van der Waals surface area contributed by atoms with E-state index in [4.69, 9.17) is 0 Å². The van der Waals surface area contributed by atoms with Gasteiger partial charge in [0.15, 0.2) is 5.13 Å². The fraction of sp³-hybridized carbons (Fsp3) is 0. The summed E-state index contributed by atoms with van der Waals surface area (Å²) in [5.41, 5.74) is 4.01. The van der Waals surface area contributed by atoms with Crippen LogP contribution >= 0.6 is 11.3 Å². The summed E-state index contributed by atoms with van der Waals surface area (Å²) in [6.07, 6.45) is 3.70. The Hall–Kier alpha value is -3.77. The van der Waals surface area contributed by atoms with Gasteiger partial charge in [-0.1, -0.05) is 53.8 Å². The number of aromatic amines is 1. The molecule has 6 heteroatoms. The van der Waals surface area contributed by atoms with Crippen LogP contribution in [-0.4, -0.2) is 22.1 Å². The van der Waals surface area contributed by atoms with E-state index >= 15 is 0 Å². The highest BCUT2D eigenvalue weighted by atomic mass is 32.1. The summed E-state index contributed by atoms with van der Waals surface area (Å²) in [5, 5.41) is 4.57. The van der Waals surface area contributed by atoms with Crippen LogP contribution in [0.1, 0.15) is 15.9 Å². The zero-order valence-corrected chi connectivity index (χ0v) is 16.1. The molecule has 0 radical (unpaired) electrons. The van der Waals surface area contributed by atoms with Crippen LogP contribution in [0.25, 0.3) is 21.1 Å². The molecular formula is C23H16N4OS. The smallest absolute Gasteiger partial charge is 0.259 e. The van der Waals surface area contributed by atoms with Crippen LogP contribution in [0.5, 0.6) is 0 Å². The van der Waals surface area contributed by atoms with Gasteiger partial charge in [0.2, 0.25) is 0 Å². The summed E-state index contributed by atoms with van der Waals surface area (Å²) >= 11 is 1.45. The minimum atomic E-state index is -0.226. The number of hydrogen-bond acceptors (Lipinski definition) is 4. The summed E-state index contributed by atoms with van der Waals surface area (Å²) in [6.45, 7) is 0. The van der Waals surface area contributed by atoms with Gasteiger partial charge in [-0.2, -0.15) is 0 Å². The van der Waals surface area contributed by atoms with Crippen molar-refractivity contribution in [3.63, 3.8) is 0 Å². The van der Waals surface area contributed by atoms with Crippen molar-refractivity contribution in [1.82, 2.24) is 9.97 Å². The van der Waals surface area contributed by atoms with Gasteiger partial charge in [-0.3, -0.25) is 15.1 Å². The largest absolute Gasteiger partial charge is 0.361 e. The molecule has 0 saturated heterocycles. The third kappa shape index (κ3) is 3.41. The van der Waals surface area contributed by atoms with Crippen molar-refractivity contribution < 1.29 is 4.79 Å². The van der Waals surface area contributed by atoms with Gasteiger partial charge in [-0.25, -0.2) is 4.98 Å². The van der Waals surface area contributed by atoms with Gasteiger partial charge in [-0.15, -0.1) is 0 Å². The van der Waals surface area contributed by atoms with Crippen molar-refractivity contribution >= 4 is 55.4 Å². The number of rotatable bonds is 4. The molecule has 0 unspecified atom stereocenters. The van der Waals surface area contributed by atoms with E-state index in [0.717, 1.165) is 26.7 Å². The fourth-order valence-electron chi connectivity index (χ4n) is 3.21. The van der Waals surface area contributed by atoms with E-state index in [9.17, 15) is 4.79 Å². The van der Waals surface area contributed by atoms with E-state index in [1.807, 2.05) is 72.9 Å². The van der Waals surface area contributed by atoms with Crippen LogP contribution in [0.4, 0.5) is 10.8 Å². The number of carbonyl (C=O) groups is 1. The highest BCUT2D eigenvalue weighted by molar-refractivity contribution is 7.22. The molecule has 140 valence electrons. The average Bonchev–Trinajstić information content (AvgIpc) is 3.35. The Morgan fingerprint density at radius 3 is 2.72 bits per heavy atom. The summed E-state index contributed by atoms with van der Waals surface area (Å²) in [7, 11) is 0. The van der Waals surface area contributed by atoms with Crippen LogP contribution in [0.3, 0.4) is 0 Å². The van der Waals surface area contributed by atoms with Gasteiger partial charge in [-0.05, 0) is 30.3 Å².